The molecule has 8 nitrogen and oxygen atoms in total. The van der Waals surface area contributed by atoms with Gasteiger partial charge < -0.3 is 14.9 Å². The van der Waals surface area contributed by atoms with Gasteiger partial charge in [0.25, 0.3) is 5.56 Å². The Bertz CT molecular complexity index is 671. The molecule has 0 amide bonds. The predicted octanol–water partition coefficient (Wildman–Crippen LogP) is -1.14. The average Bonchev–Trinajstić information content (AvgIpc) is 2.73. The predicted molar refractivity (Wildman–Crippen MR) is 75.9 cm³/mol. The zero-order valence-electron chi connectivity index (χ0n) is 12.6. The van der Waals surface area contributed by atoms with Gasteiger partial charge in [-0.25, -0.2) is 4.79 Å². The summed E-state index contributed by atoms with van der Waals surface area (Å²) in [7, 11) is 0. The van der Waals surface area contributed by atoms with Gasteiger partial charge >= 0.3 is 5.69 Å². The molecule has 2 rings (SSSR count). The van der Waals surface area contributed by atoms with Crippen molar-refractivity contribution in [3.63, 3.8) is 0 Å². The highest BCUT2D eigenvalue weighted by Crippen LogP contribution is 2.37. The van der Waals surface area contributed by atoms with Gasteiger partial charge in [-0.1, -0.05) is 20.8 Å². The number of H-pyrrole nitrogens is 1. The summed E-state index contributed by atoms with van der Waals surface area (Å²) >= 11 is 0. The van der Waals surface area contributed by atoms with E-state index in [0.717, 1.165) is 10.6 Å². The summed E-state index contributed by atoms with van der Waals surface area (Å²) in [6.07, 6.45) is -1.20. The van der Waals surface area contributed by atoms with Crippen molar-refractivity contribution in [1.82, 2.24) is 9.55 Å². The van der Waals surface area contributed by atoms with Crippen LogP contribution in [0.2, 0.25) is 0 Å². The van der Waals surface area contributed by atoms with E-state index in [1.165, 1.54) is 6.20 Å². The fourth-order valence-electron chi connectivity index (χ4n) is 2.34. The van der Waals surface area contributed by atoms with Gasteiger partial charge in [-0.05, 0) is 0 Å². The Kier molecular flexibility index (Phi) is 4.37. The molecule has 1 aromatic heterocycles. The molecular formula is C14H19N2O6. The summed E-state index contributed by atoms with van der Waals surface area (Å²) in [6.45, 7) is 4.54. The van der Waals surface area contributed by atoms with Gasteiger partial charge in [0.15, 0.2) is 0 Å². The lowest BCUT2D eigenvalue weighted by Gasteiger charge is -2.26. The van der Waals surface area contributed by atoms with E-state index >= 15 is 0 Å². The topological polar surface area (TPSA) is 122 Å². The molecule has 8 heteroatoms. The number of ether oxygens (including phenoxy) is 1. The highest BCUT2D eigenvalue weighted by atomic mass is 16.5. The number of nitrogens with one attached hydrogen (secondary N) is 1. The molecule has 22 heavy (non-hydrogen) atoms. The quantitative estimate of drug-likeness (QED) is 0.648. The lowest BCUT2D eigenvalue weighted by atomic mass is 9.80. The molecule has 1 radical (unpaired) electrons. The third-order valence-corrected chi connectivity index (χ3v) is 3.52. The Labute approximate surface area is 126 Å². The molecule has 2 heterocycles. The van der Waals surface area contributed by atoms with Gasteiger partial charge in [0, 0.05) is 17.7 Å². The van der Waals surface area contributed by atoms with Gasteiger partial charge in [-0.3, -0.25) is 19.1 Å². The Balaban J connectivity index is 2.49. The second kappa shape index (κ2) is 5.79. The lowest BCUT2D eigenvalue weighted by Crippen LogP contribution is -2.42. The zero-order chi connectivity index (χ0) is 16.7. The molecule has 0 unspecified atom stereocenters. The summed E-state index contributed by atoms with van der Waals surface area (Å²) in [4.78, 5) is 37.7. The molecule has 1 aromatic rings. The van der Waals surface area contributed by atoms with E-state index < -0.39 is 41.4 Å². The normalized spacial score (nSPS) is 26.3. The maximum Gasteiger partial charge on any atom is 0.330 e. The van der Waals surface area contributed by atoms with E-state index in [-0.39, 0.29) is 12.0 Å². The molecular weight excluding hydrogens is 292 g/mol. The van der Waals surface area contributed by atoms with E-state index in [9.17, 15) is 24.6 Å². The molecule has 3 N–H and O–H groups in total. The number of aromatic amines is 1. The Hall–Kier alpha value is -1.77. The number of ketones is 1. The molecule has 1 fully saturated rings. The molecule has 1 saturated heterocycles. The van der Waals surface area contributed by atoms with Crippen molar-refractivity contribution >= 4 is 5.78 Å². The number of Topliss-reactive ketones (excluding diaryl/α,β-unsaturated/α-hetero) is 1. The van der Waals surface area contributed by atoms with Gasteiger partial charge in [-0.15, -0.1) is 0 Å². The minimum Gasteiger partial charge on any atom is -0.394 e. The number of aliphatic hydroxyl groups is 2. The van der Waals surface area contributed by atoms with E-state index in [1.807, 2.05) is 0 Å². The van der Waals surface area contributed by atoms with Gasteiger partial charge in [-0.2, -0.15) is 0 Å². The molecule has 1 aliphatic heterocycles. The molecule has 0 aliphatic carbocycles. The standard InChI is InChI=1S/C14H19N2O6/c1-14(2,3)11(20)9-10(19)7(6-17)22-12(9)16-5-4-8(18)15-13(16)21/h4-5,7,9-10,17,19H,6H2,1-3H3,(H,15,18,21)/t7-,9+,10-/m1/s1. The number of nitrogens with zero attached hydrogens (tertiary/aromatic N) is 1. The summed E-state index contributed by atoms with van der Waals surface area (Å²) < 4.78 is 6.36. The highest BCUT2D eigenvalue weighted by molar-refractivity contribution is 5.88. The van der Waals surface area contributed by atoms with Crippen LogP contribution in [0.4, 0.5) is 0 Å². The van der Waals surface area contributed by atoms with E-state index in [1.54, 1.807) is 20.8 Å². The SMILES string of the molecule is CC(C)(C)C(=O)[C@H]1[C](n2ccc(=O)[nH]c2=O)O[C@H](CO)[C@H]1O. The Morgan fingerprint density at radius 2 is 2.05 bits per heavy atom. The first kappa shape index (κ1) is 16.6. The van der Waals surface area contributed by atoms with Crippen LogP contribution >= 0.6 is 0 Å². The second-order valence-corrected chi connectivity index (χ2v) is 6.24. The smallest absolute Gasteiger partial charge is 0.330 e. The average molecular weight is 311 g/mol. The first-order chi connectivity index (χ1) is 10.2. The fourth-order valence-corrected chi connectivity index (χ4v) is 2.34. The van der Waals surface area contributed by atoms with Crippen molar-refractivity contribution in [2.24, 2.45) is 11.3 Å². The third kappa shape index (κ3) is 2.90. The van der Waals surface area contributed by atoms with Crippen LogP contribution in [0.25, 0.3) is 0 Å². The number of carbonyl (C=O) groups excluding carboxylic acids is 1. The van der Waals surface area contributed by atoms with Crippen LogP contribution in [-0.4, -0.2) is 44.4 Å². The summed E-state index contributed by atoms with van der Waals surface area (Å²) in [6, 6.07) is 1.11. The highest BCUT2D eigenvalue weighted by Gasteiger charge is 2.52. The molecule has 3 atom stereocenters. The van der Waals surface area contributed by atoms with E-state index in [4.69, 9.17) is 4.74 Å². The number of carbonyl (C=O) groups is 1. The van der Waals surface area contributed by atoms with E-state index in [2.05, 4.69) is 4.98 Å². The van der Waals surface area contributed by atoms with Crippen molar-refractivity contribution in [3.8, 4) is 0 Å². The van der Waals surface area contributed by atoms with Crippen LogP contribution in [0.5, 0.6) is 0 Å². The van der Waals surface area contributed by atoms with Gasteiger partial charge in [0.1, 0.15) is 17.8 Å². The Morgan fingerprint density at radius 3 is 2.55 bits per heavy atom. The maximum absolute atomic E-state index is 12.6. The molecule has 0 spiro atoms. The van der Waals surface area contributed by atoms with Crippen LogP contribution in [0.15, 0.2) is 21.9 Å². The molecule has 0 aromatic carbocycles. The first-order valence-corrected chi connectivity index (χ1v) is 6.86. The van der Waals surface area contributed by atoms with Crippen LogP contribution < -0.4 is 11.2 Å². The first-order valence-electron chi connectivity index (χ1n) is 6.86. The maximum atomic E-state index is 12.6. The van der Waals surface area contributed by atoms with Gasteiger partial charge in [0.05, 0.1) is 12.7 Å². The number of hydrogen-bond donors (Lipinski definition) is 3. The number of hydrogen-bond acceptors (Lipinski definition) is 6. The minimum absolute atomic E-state index is 0.0901. The monoisotopic (exact) mass is 311 g/mol. The lowest BCUT2D eigenvalue weighted by molar-refractivity contribution is -0.132. The fraction of sp³-hybridized carbons (Fsp3) is 0.571. The van der Waals surface area contributed by atoms with Crippen molar-refractivity contribution < 1.29 is 19.7 Å². The number of aliphatic hydroxyl groups excluding tert-OH is 2. The van der Waals surface area contributed by atoms with E-state index in [0.29, 0.717) is 0 Å². The largest absolute Gasteiger partial charge is 0.394 e. The molecule has 1 aliphatic rings. The minimum atomic E-state index is -1.27. The van der Waals surface area contributed by atoms with Crippen molar-refractivity contribution in [3.05, 3.63) is 39.3 Å². The Morgan fingerprint density at radius 1 is 1.41 bits per heavy atom. The van der Waals surface area contributed by atoms with Crippen molar-refractivity contribution in [2.45, 2.75) is 33.0 Å². The molecule has 0 saturated carbocycles. The van der Waals surface area contributed by atoms with Crippen molar-refractivity contribution in [1.29, 1.82) is 0 Å². The van der Waals surface area contributed by atoms with Crippen LogP contribution in [0.1, 0.15) is 20.8 Å². The molecule has 121 valence electrons. The third-order valence-electron chi connectivity index (χ3n) is 3.52. The zero-order valence-corrected chi connectivity index (χ0v) is 12.6. The summed E-state index contributed by atoms with van der Waals surface area (Å²) in [5.74, 6) is -1.43. The second-order valence-electron chi connectivity index (χ2n) is 6.24. The number of aromatic nitrogens is 2. The van der Waals surface area contributed by atoms with Crippen LogP contribution in [-0.2, 0) is 9.53 Å². The van der Waals surface area contributed by atoms with Gasteiger partial charge in [0.2, 0.25) is 6.23 Å². The van der Waals surface area contributed by atoms with Crippen LogP contribution in [0.3, 0.4) is 0 Å². The van der Waals surface area contributed by atoms with Crippen LogP contribution in [0, 0.1) is 17.6 Å². The summed E-state index contributed by atoms with van der Waals surface area (Å²) in [5, 5.41) is 19.5. The summed E-state index contributed by atoms with van der Waals surface area (Å²) in [5.41, 5.74) is -2.14. The number of rotatable bonds is 3. The van der Waals surface area contributed by atoms with Crippen molar-refractivity contribution in [2.75, 3.05) is 6.61 Å². The molecule has 0 bridgehead atoms.